The average Bonchev–Trinajstić information content (AvgIpc) is 2.30. The van der Waals surface area contributed by atoms with Gasteiger partial charge in [0, 0.05) is 11.3 Å². The first-order valence-electron chi connectivity index (χ1n) is 5.80. The van der Waals surface area contributed by atoms with E-state index >= 15 is 0 Å². The number of hydrogen-bond acceptors (Lipinski definition) is 3. The highest BCUT2D eigenvalue weighted by Gasteiger charge is 2.25. The highest BCUT2D eigenvalue weighted by molar-refractivity contribution is 5.75. The standard InChI is InChI=1S/C13H18N2O/c1-13(8-2-3-9-14-13)15-12-6-4-11(10-16)5-7-12/h4-7,10,14-15H,2-3,8-9H2,1H3/t13-/m0/s1. The molecule has 1 aromatic carbocycles. The molecule has 0 radical (unpaired) electrons. The van der Waals surface area contributed by atoms with Gasteiger partial charge in [-0.3, -0.25) is 10.1 Å². The maximum Gasteiger partial charge on any atom is 0.150 e. The molecule has 0 amide bonds. The Kier molecular flexibility index (Phi) is 3.25. The summed E-state index contributed by atoms with van der Waals surface area (Å²) in [6, 6.07) is 7.57. The molecule has 1 aliphatic rings. The lowest BCUT2D eigenvalue weighted by Crippen LogP contribution is -2.52. The van der Waals surface area contributed by atoms with Gasteiger partial charge in [0.2, 0.25) is 0 Å². The van der Waals surface area contributed by atoms with Crippen LogP contribution >= 0.6 is 0 Å². The van der Waals surface area contributed by atoms with Crippen molar-refractivity contribution < 1.29 is 4.79 Å². The molecule has 0 spiro atoms. The Labute approximate surface area is 96.2 Å². The first-order chi connectivity index (χ1) is 7.72. The zero-order chi connectivity index (χ0) is 11.4. The number of anilines is 1. The summed E-state index contributed by atoms with van der Waals surface area (Å²) in [5.74, 6) is 0. The van der Waals surface area contributed by atoms with Crippen LogP contribution in [-0.2, 0) is 0 Å². The van der Waals surface area contributed by atoms with Crippen LogP contribution < -0.4 is 10.6 Å². The van der Waals surface area contributed by atoms with Crippen LogP contribution in [0.25, 0.3) is 0 Å². The number of carbonyl (C=O) groups excluding carboxylic acids is 1. The second-order valence-electron chi connectivity index (χ2n) is 4.58. The molecular weight excluding hydrogens is 200 g/mol. The lowest BCUT2D eigenvalue weighted by molar-refractivity contribution is 0.112. The van der Waals surface area contributed by atoms with Gasteiger partial charge in [-0.05, 0) is 57.0 Å². The molecule has 86 valence electrons. The summed E-state index contributed by atoms with van der Waals surface area (Å²) in [5.41, 5.74) is 1.76. The average molecular weight is 218 g/mol. The first kappa shape index (κ1) is 11.1. The smallest absolute Gasteiger partial charge is 0.150 e. The Balaban J connectivity index is 2.04. The van der Waals surface area contributed by atoms with E-state index < -0.39 is 0 Å². The molecule has 2 N–H and O–H groups in total. The van der Waals surface area contributed by atoms with Crippen molar-refractivity contribution in [3.63, 3.8) is 0 Å². The van der Waals surface area contributed by atoms with E-state index in [1.54, 1.807) is 0 Å². The summed E-state index contributed by atoms with van der Waals surface area (Å²) in [4.78, 5) is 10.5. The van der Waals surface area contributed by atoms with Crippen molar-refractivity contribution in [2.24, 2.45) is 0 Å². The third kappa shape index (κ3) is 2.61. The Bertz CT molecular complexity index is 353. The number of carbonyl (C=O) groups is 1. The largest absolute Gasteiger partial charge is 0.367 e. The minimum atomic E-state index is -0.0130. The van der Waals surface area contributed by atoms with Gasteiger partial charge in [-0.25, -0.2) is 0 Å². The molecule has 1 aliphatic heterocycles. The van der Waals surface area contributed by atoms with Gasteiger partial charge in [0.05, 0.1) is 5.66 Å². The van der Waals surface area contributed by atoms with Crippen LogP contribution in [0.4, 0.5) is 5.69 Å². The molecule has 3 heteroatoms. The zero-order valence-electron chi connectivity index (χ0n) is 9.62. The van der Waals surface area contributed by atoms with Crippen molar-refractivity contribution in [3.8, 4) is 0 Å². The van der Waals surface area contributed by atoms with Crippen molar-refractivity contribution in [3.05, 3.63) is 29.8 Å². The molecule has 1 saturated heterocycles. The molecule has 0 saturated carbocycles. The SMILES string of the molecule is C[C@]1(Nc2ccc(C=O)cc2)CCCCN1. The van der Waals surface area contributed by atoms with Gasteiger partial charge in [0.15, 0.2) is 0 Å². The van der Waals surface area contributed by atoms with Crippen LogP contribution in [0, 0.1) is 0 Å². The fraction of sp³-hybridized carbons (Fsp3) is 0.462. The van der Waals surface area contributed by atoms with E-state index in [0.717, 1.165) is 24.9 Å². The Hall–Kier alpha value is -1.35. The Morgan fingerprint density at radius 1 is 1.31 bits per heavy atom. The van der Waals surface area contributed by atoms with E-state index in [1.165, 1.54) is 12.8 Å². The normalized spacial score (nSPS) is 25.1. The lowest BCUT2D eigenvalue weighted by Gasteiger charge is -2.36. The lowest BCUT2D eigenvalue weighted by atomic mass is 9.99. The third-order valence-corrected chi connectivity index (χ3v) is 3.09. The van der Waals surface area contributed by atoms with Crippen molar-refractivity contribution in [2.45, 2.75) is 31.8 Å². The second kappa shape index (κ2) is 4.66. The van der Waals surface area contributed by atoms with Crippen LogP contribution in [0.3, 0.4) is 0 Å². The molecule has 1 atom stereocenters. The van der Waals surface area contributed by atoms with Crippen LogP contribution in [0.1, 0.15) is 36.5 Å². The maximum absolute atomic E-state index is 10.5. The molecule has 16 heavy (non-hydrogen) atoms. The maximum atomic E-state index is 10.5. The number of hydrogen-bond donors (Lipinski definition) is 2. The summed E-state index contributed by atoms with van der Waals surface area (Å²) >= 11 is 0. The van der Waals surface area contributed by atoms with E-state index in [4.69, 9.17) is 0 Å². The molecule has 0 aromatic heterocycles. The highest BCUT2D eigenvalue weighted by Crippen LogP contribution is 2.21. The quantitative estimate of drug-likeness (QED) is 0.765. The van der Waals surface area contributed by atoms with Crippen molar-refractivity contribution in [1.82, 2.24) is 5.32 Å². The van der Waals surface area contributed by atoms with E-state index in [2.05, 4.69) is 17.6 Å². The van der Waals surface area contributed by atoms with Gasteiger partial charge in [-0.2, -0.15) is 0 Å². The monoisotopic (exact) mass is 218 g/mol. The van der Waals surface area contributed by atoms with Gasteiger partial charge < -0.3 is 5.32 Å². The van der Waals surface area contributed by atoms with Gasteiger partial charge >= 0.3 is 0 Å². The summed E-state index contributed by atoms with van der Waals surface area (Å²) in [6.45, 7) is 3.25. The molecule has 0 unspecified atom stereocenters. The molecular formula is C13H18N2O. The fourth-order valence-corrected chi connectivity index (χ4v) is 2.13. The molecule has 1 heterocycles. The van der Waals surface area contributed by atoms with Crippen LogP contribution in [0.2, 0.25) is 0 Å². The zero-order valence-corrected chi connectivity index (χ0v) is 9.62. The summed E-state index contributed by atoms with van der Waals surface area (Å²) in [7, 11) is 0. The third-order valence-electron chi connectivity index (χ3n) is 3.09. The fourth-order valence-electron chi connectivity index (χ4n) is 2.13. The van der Waals surface area contributed by atoms with Gasteiger partial charge in [0.25, 0.3) is 0 Å². The van der Waals surface area contributed by atoms with Gasteiger partial charge in [0.1, 0.15) is 6.29 Å². The number of rotatable bonds is 3. The predicted octanol–water partition coefficient (Wildman–Crippen LogP) is 2.40. The van der Waals surface area contributed by atoms with E-state index in [1.807, 2.05) is 24.3 Å². The first-order valence-corrected chi connectivity index (χ1v) is 5.80. The van der Waals surface area contributed by atoms with Crippen LogP contribution in [0.15, 0.2) is 24.3 Å². The second-order valence-corrected chi connectivity index (χ2v) is 4.58. The minimum Gasteiger partial charge on any atom is -0.367 e. The topological polar surface area (TPSA) is 41.1 Å². The Morgan fingerprint density at radius 2 is 2.06 bits per heavy atom. The summed E-state index contributed by atoms with van der Waals surface area (Å²) in [5, 5.41) is 6.97. The predicted molar refractivity (Wildman–Crippen MR) is 65.7 cm³/mol. The number of nitrogens with one attached hydrogen (secondary N) is 2. The van der Waals surface area contributed by atoms with Crippen molar-refractivity contribution in [1.29, 1.82) is 0 Å². The summed E-state index contributed by atoms with van der Waals surface area (Å²) in [6.07, 6.45) is 4.50. The van der Waals surface area contributed by atoms with Gasteiger partial charge in [-0.15, -0.1) is 0 Å². The minimum absolute atomic E-state index is 0.0130. The van der Waals surface area contributed by atoms with E-state index in [0.29, 0.717) is 5.56 Å². The van der Waals surface area contributed by atoms with Crippen molar-refractivity contribution in [2.75, 3.05) is 11.9 Å². The Morgan fingerprint density at radius 3 is 2.62 bits per heavy atom. The molecule has 3 nitrogen and oxygen atoms in total. The number of benzene rings is 1. The van der Waals surface area contributed by atoms with Crippen molar-refractivity contribution >= 4 is 12.0 Å². The molecule has 2 rings (SSSR count). The van der Waals surface area contributed by atoms with Crippen LogP contribution in [0.5, 0.6) is 0 Å². The van der Waals surface area contributed by atoms with E-state index in [9.17, 15) is 4.79 Å². The molecule has 0 bridgehead atoms. The van der Waals surface area contributed by atoms with E-state index in [-0.39, 0.29) is 5.66 Å². The van der Waals surface area contributed by atoms with Gasteiger partial charge in [-0.1, -0.05) is 0 Å². The highest BCUT2D eigenvalue weighted by atomic mass is 16.1. The molecule has 1 fully saturated rings. The molecule has 0 aliphatic carbocycles. The van der Waals surface area contributed by atoms with Crippen LogP contribution in [-0.4, -0.2) is 18.5 Å². The summed E-state index contributed by atoms with van der Waals surface area (Å²) < 4.78 is 0. The number of aldehydes is 1. The number of piperidine rings is 1. The molecule has 1 aromatic rings.